The highest BCUT2D eigenvalue weighted by atomic mass is 19.1. The van der Waals surface area contributed by atoms with Crippen molar-refractivity contribution >= 4 is 17.0 Å². The molecule has 0 atom stereocenters. The number of alkyl carbamates (subject to hydrolysis) is 1. The zero-order valence-corrected chi connectivity index (χ0v) is 10.3. The van der Waals surface area contributed by atoms with Gasteiger partial charge < -0.3 is 15.0 Å². The van der Waals surface area contributed by atoms with Crippen molar-refractivity contribution in [1.29, 1.82) is 0 Å². The van der Waals surface area contributed by atoms with Crippen LogP contribution < -0.4 is 5.32 Å². The first kappa shape index (κ1) is 12.4. The number of carbonyl (C=O) groups is 1. The summed E-state index contributed by atoms with van der Waals surface area (Å²) in [6.07, 6.45) is 0.170. The Morgan fingerprint density at radius 3 is 3.00 bits per heavy atom. The van der Waals surface area contributed by atoms with Crippen molar-refractivity contribution in [2.45, 2.75) is 13.3 Å². The van der Waals surface area contributed by atoms with Gasteiger partial charge in [-0.15, -0.1) is 0 Å². The van der Waals surface area contributed by atoms with Crippen LogP contribution in [0, 0.1) is 12.7 Å². The second kappa shape index (κ2) is 5.08. The minimum atomic E-state index is -0.460. The van der Waals surface area contributed by atoms with Crippen LogP contribution >= 0.6 is 0 Å². The molecule has 0 aliphatic rings. The smallest absolute Gasteiger partial charge is 0.406 e. The maximum atomic E-state index is 13.2. The lowest BCUT2D eigenvalue weighted by Crippen LogP contribution is -2.25. The number of aromatic nitrogens is 1. The molecular weight excluding hydrogens is 235 g/mol. The van der Waals surface area contributed by atoms with Gasteiger partial charge in [0.05, 0.1) is 7.11 Å². The first-order valence-electron chi connectivity index (χ1n) is 5.70. The van der Waals surface area contributed by atoms with Crippen LogP contribution in [-0.4, -0.2) is 24.7 Å². The fraction of sp³-hybridized carbons (Fsp3) is 0.308. The summed E-state index contributed by atoms with van der Waals surface area (Å²) < 4.78 is 17.7. The van der Waals surface area contributed by atoms with Gasteiger partial charge in [0.2, 0.25) is 0 Å². The number of methoxy groups -OCH3 is 1. The number of hydrogen-bond acceptors (Lipinski definition) is 2. The van der Waals surface area contributed by atoms with E-state index in [1.54, 1.807) is 6.07 Å². The molecule has 0 fully saturated rings. The fourth-order valence-corrected chi connectivity index (χ4v) is 2.04. The second-order valence-electron chi connectivity index (χ2n) is 4.09. The minimum Gasteiger partial charge on any atom is -0.453 e. The van der Waals surface area contributed by atoms with Crippen molar-refractivity contribution < 1.29 is 13.9 Å². The van der Waals surface area contributed by atoms with Crippen LogP contribution in [0.2, 0.25) is 0 Å². The lowest BCUT2D eigenvalue weighted by atomic mass is 10.1. The van der Waals surface area contributed by atoms with Gasteiger partial charge in [0.15, 0.2) is 0 Å². The van der Waals surface area contributed by atoms with Crippen molar-refractivity contribution in [3.05, 3.63) is 35.3 Å². The summed E-state index contributed by atoms with van der Waals surface area (Å²) in [5, 5.41) is 3.47. The standard InChI is InChI=1S/C13H15FN2O2/c1-8-10(5-6-15-13(17)18-2)11-7-9(14)3-4-12(11)16-8/h3-4,7,16H,5-6H2,1-2H3,(H,15,17). The van der Waals surface area contributed by atoms with Gasteiger partial charge in [0, 0.05) is 23.1 Å². The lowest BCUT2D eigenvalue weighted by molar-refractivity contribution is 0.171. The molecule has 4 nitrogen and oxygen atoms in total. The highest BCUT2D eigenvalue weighted by Crippen LogP contribution is 2.23. The molecule has 5 heteroatoms. The minimum absolute atomic E-state index is 0.260. The highest BCUT2D eigenvalue weighted by molar-refractivity contribution is 5.84. The molecule has 0 bridgehead atoms. The zero-order chi connectivity index (χ0) is 13.1. The molecule has 0 aliphatic carbocycles. The van der Waals surface area contributed by atoms with Gasteiger partial charge >= 0.3 is 6.09 Å². The highest BCUT2D eigenvalue weighted by Gasteiger charge is 2.09. The molecule has 0 radical (unpaired) electrons. The van der Waals surface area contributed by atoms with E-state index in [1.165, 1.54) is 19.2 Å². The number of benzene rings is 1. The van der Waals surface area contributed by atoms with Gasteiger partial charge in [-0.25, -0.2) is 9.18 Å². The largest absolute Gasteiger partial charge is 0.453 e. The van der Waals surface area contributed by atoms with E-state index in [-0.39, 0.29) is 5.82 Å². The van der Waals surface area contributed by atoms with Gasteiger partial charge in [0.1, 0.15) is 5.82 Å². The van der Waals surface area contributed by atoms with E-state index >= 15 is 0 Å². The van der Waals surface area contributed by atoms with E-state index in [9.17, 15) is 9.18 Å². The van der Waals surface area contributed by atoms with Crippen molar-refractivity contribution in [3.63, 3.8) is 0 Å². The van der Waals surface area contributed by atoms with Crippen molar-refractivity contribution in [3.8, 4) is 0 Å². The third-order valence-corrected chi connectivity index (χ3v) is 2.91. The third-order valence-electron chi connectivity index (χ3n) is 2.91. The predicted octanol–water partition coefficient (Wildman–Crippen LogP) is 2.51. The molecule has 0 spiro atoms. The number of ether oxygens (including phenoxy) is 1. The monoisotopic (exact) mass is 250 g/mol. The van der Waals surface area contributed by atoms with Gasteiger partial charge in [0.25, 0.3) is 0 Å². The molecule has 2 N–H and O–H groups in total. The average molecular weight is 250 g/mol. The van der Waals surface area contributed by atoms with Gasteiger partial charge in [-0.05, 0) is 37.1 Å². The Bertz CT molecular complexity index is 578. The normalized spacial score (nSPS) is 10.6. The summed E-state index contributed by atoms with van der Waals surface area (Å²) in [4.78, 5) is 14.1. The van der Waals surface area contributed by atoms with Crippen molar-refractivity contribution in [1.82, 2.24) is 10.3 Å². The van der Waals surface area contributed by atoms with Crippen LogP contribution in [0.25, 0.3) is 10.9 Å². The fourth-order valence-electron chi connectivity index (χ4n) is 2.04. The number of hydrogen-bond donors (Lipinski definition) is 2. The summed E-state index contributed by atoms with van der Waals surface area (Å²) in [5.74, 6) is -0.260. The summed E-state index contributed by atoms with van der Waals surface area (Å²) in [7, 11) is 1.32. The van der Waals surface area contributed by atoms with Crippen molar-refractivity contribution in [2.75, 3.05) is 13.7 Å². The van der Waals surface area contributed by atoms with E-state index in [0.29, 0.717) is 13.0 Å². The molecule has 96 valence electrons. The zero-order valence-electron chi connectivity index (χ0n) is 10.3. The topological polar surface area (TPSA) is 54.1 Å². The number of carbonyl (C=O) groups excluding carboxylic acids is 1. The van der Waals surface area contributed by atoms with E-state index in [1.807, 2.05) is 6.92 Å². The Hall–Kier alpha value is -2.04. The summed E-state index contributed by atoms with van der Waals surface area (Å²) in [5.41, 5.74) is 2.91. The molecule has 1 aromatic heterocycles. The number of nitrogens with one attached hydrogen (secondary N) is 2. The molecule has 0 aliphatic heterocycles. The average Bonchev–Trinajstić information content (AvgIpc) is 2.65. The molecule has 0 saturated carbocycles. The number of fused-ring (bicyclic) bond motifs is 1. The quantitative estimate of drug-likeness (QED) is 0.879. The number of amides is 1. The van der Waals surface area contributed by atoms with Gasteiger partial charge in [-0.2, -0.15) is 0 Å². The van der Waals surface area contributed by atoms with Crippen LogP contribution in [0.15, 0.2) is 18.2 Å². The molecule has 18 heavy (non-hydrogen) atoms. The Morgan fingerprint density at radius 2 is 2.28 bits per heavy atom. The molecule has 1 aromatic carbocycles. The first-order chi connectivity index (χ1) is 8.61. The molecule has 1 heterocycles. The van der Waals surface area contributed by atoms with E-state index in [0.717, 1.165) is 22.2 Å². The van der Waals surface area contributed by atoms with Crippen LogP contribution in [0.5, 0.6) is 0 Å². The van der Waals surface area contributed by atoms with Crippen LogP contribution in [0.1, 0.15) is 11.3 Å². The predicted molar refractivity (Wildman–Crippen MR) is 67.1 cm³/mol. The number of aryl methyl sites for hydroxylation is 1. The number of halogens is 1. The Balaban J connectivity index is 2.19. The maximum Gasteiger partial charge on any atom is 0.406 e. The van der Waals surface area contributed by atoms with Crippen LogP contribution in [0.4, 0.5) is 9.18 Å². The first-order valence-corrected chi connectivity index (χ1v) is 5.70. The molecular formula is C13H15FN2O2. The Morgan fingerprint density at radius 1 is 1.50 bits per heavy atom. The van der Waals surface area contributed by atoms with Crippen LogP contribution in [0.3, 0.4) is 0 Å². The van der Waals surface area contributed by atoms with Crippen LogP contribution in [-0.2, 0) is 11.2 Å². The molecule has 0 saturated heterocycles. The summed E-state index contributed by atoms with van der Waals surface area (Å²) in [6.45, 7) is 2.39. The van der Waals surface area contributed by atoms with Gasteiger partial charge in [-0.3, -0.25) is 0 Å². The number of aromatic amines is 1. The Kier molecular flexibility index (Phi) is 3.50. The molecule has 0 unspecified atom stereocenters. The molecule has 2 rings (SSSR count). The SMILES string of the molecule is COC(=O)NCCc1c(C)[nH]c2ccc(F)cc12. The molecule has 1 amide bonds. The lowest BCUT2D eigenvalue weighted by Gasteiger charge is -2.04. The second-order valence-corrected chi connectivity index (χ2v) is 4.09. The van der Waals surface area contributed by atoms with E-state index in [4.69, 9.17) is 0 Å². The molecule has 2 aromatic rings. The van der Waals surface area contributed by atoms with Crippen molar-refractivity contribution in [2.24, 2.45) is 0 Å². The summed E-state index contributed by atoms with van der Waals surface area (Å²) >= 11 is 0. The number of H-pyrrole nitrogens is 1. The summed E-state index contributed by atoms with van der Waals surface area (Å²) in [6, 6.07) is 4.65. The van der Waals surface area contributed by atoms with Gasteiger partial charge in [-0.1, -0.05) is 0 Å². The third kappa shape index (κ3) is 2.45. The Labute approximate surface area is 104 Å². The van der Waals surface area contributed by atoms with E-state index in [2.05, 4.69) is 15.0 Å². The number of rotatable bonds is 3. The maximum absolute atomic E-state index is 13.2. The van der Waals surface area contributed by atoms with E-state index < -0.39 is 6.09 Å².